The third-order valence-electron chi connectivity index (χ3n) is 4.29. The molecule has 0 radical (unpaired) electrons. The van der Waals surface area contributed by atoms with Crippen molar-refractivity contribution in [1.29, 1.82) is 0 Å². The molecule has 1 aromatic carbocycles. The second kappa shape index (κ2) is 7.05. The summed E-state index contributed by atoms with van der Waals surface area (Å²) in [4.78, 5) is 12.8. The minimum Gasteiger partial charge on any atom is -0.384 e. The molecule has 0 atom stereocenters. The zero-order valence-electron chi connectivity index (χ0n) is 13.2. The molecular weight excluding hydrogens is 264 g/mol. The Balaban J connectivity index is 2.19. The second-order valence-corrected chi connectivity index (χ2v) is 6.16. The molecule has 2 N–H and O–H groups in total. The predicted octanol–water partition coefficient (Wildman–Crippen LogP) is 2.76. The van der Waals surface area contributed by atoms with Gasteiger partial charge in [-0.1, -0.05) is 32.0 Å². The highest BCUT2D eigenvalue weighted by atomic mass is 16.5. The van der Waals surface area contributed by atoms with E-state index in [0.29, 0.717) is 12.5 Å². The summed E-state index contributed by atoms with van der Waals surface area (Å²) in [5.74, 6) is 0.465. The van der Waals surface area contributed by atoms with E-state index in [9.17, 15) is 4.79 Å². The predicted molar refractivity (Wildman–Crippen MR) is 85.6 cm³/mol. The van der Waals surface area contributed by atoms with Crippen LogP contribution in [0, 0.1) is 5.41 Å². The summed E-state index contributed by atoms with van der Waals surface area (Å²) in [5.41, 5.74) is 1.68. The molecule has 0 aliphatic carbocycles. The minimum absolute atomic E-state index is 0.0824. The third-order valence-corrected chi connectivity index (χ3v) is 4.29. The van der Waals surface area contributed by atoms with Crippen LogP contribution < -0.4 is 10.6 Å². The highest BCUT2D eigenvalue weighted by molar-refractivity contribution is 5.96. The molecule has 1 fully saturated rings. The first kappa shape index (κ1) is 16.0. The Kier molecular flexibility index (Phi) is 5.37. The summed E-state index contributed by atoms with van der Waals surface area (Å²) < 4.78 is 5.33. The van der Waals surface area contributed by atoms with Crippen LogP contribution in [-0.4, -0.2) is 32.7 Å². The molecule has 4 heteroatoms. The molecule has 21 heavy (non-hydrogen) atoms. The Morgan fingerprint density at radius 2 is 2.00 bits per heavy atom. The SMILES string of the molecule is COCC1(C(=O)Nc2ccccc2C(C)C)CCNCC1. The van der Waals surface area contributed by atoms with Crippen molar-refractivity contribution >= 4 is 11.6 Å². The number of para-hydroxylation sites is 1. The zero-order chi connectivity index (χ0) is 15.3. The summed E-state index contributed by atoms with van der Waals surface area (Å²) in [7, 11) is 1.67. The zero-order valence-corrected chi connectivity index (χ0v) is 13.2. The molecule has 1 aliphatic heterocycles. The lowest BCUT2D eigenvalue weighted by molar-refractivity contribution is -0.130. The maximum Gasteiger partial charge on any atom is 0.233 e. The van der Waals surface area contributed by atoms with Gasteiger partial charge >= 0.3 is 0 Å². The molecule has 1 heterocycles. The van der Waals surface area contributed by atoms with Gasteiger partial charge in [-0.25, -0.2) is 0 Å². The Morgan fingerprint density at radius 1 is 1.33 bits per heavy atom. The normalized spacial score (nSPS) is 17.7. The highest BCUT2D eigenvalue weighted by Gasteiger charge is 2.39. The van der Waals surface area contributed by atoms with Crippen LogP contribution in [0.5, 0.6) is 0 Å². The molecule has 0 aromatic heterocycles. The number of carbonyl (C=O) groups is 1. The van der Waals surface area contributed by atoms with Gasteiger partial charge in [0.1, 0.15) is 0 Å². The van der Waals surface area contributed by atoms with E-state index < -0.39 is 5.41 Å². The van der Waals surface area contributed by atoms with Gasteiger partial charge in [0.25, 0.3) is 0 Å². The van der Waals surface area contributed by atoms with Crippen molar-refractivity contribution in [2.45, 2.75) is 32.6 Å². The van der Waals surface area contributed by atoms with Gasteiger partial charge in [-0.3, -0.25) is 4.79 Å². The lowest BCUT2D eigenvalue weighted by Gasteiger charge is -2.35. The number of nitrogens with one attached hydrogen (secondary N) is 2. The molecule has 0 bridgehead atoms. The van der Waals surface area contributed by atoms with E-state index >= 15 is 0 Å². The topological polar surface area (TPSA) is 50.4 Å². The number of benzene rings is 1. The molecule has 4 nitrogen and oxygen atoms in total. The third kappa shape index (κ3) is 3.63. The number of ether oxygens (including phenoxy) is 1. The molecule has 116 valence electrons. The Labute approximate surface area is 127 Å². The van der Waals surface area contributed by atoms with Gasteiger partial charge in [-0.2, -0.15) is 0 Å². The number of piperidine rings is 1. The molecule has 1 saturated heterocycles. The average molecular weight is 290 g/mol. The summed E-state index contributed by atoms with van der Waals surface area (Å²) in [6.07, 6.45) is 1.63. The standard InChI is InChI=1S/C17H26N2O2/c1-13(2)14-6-4-5-7-15(14)19-16(20)17(12-21-3)8-10-18-11-9-17/h4-7,13,18H,8-12H2,1-3H3,(H,19,20). The Bertz CT molecular complexity index is 474. The number of methoxy groups -OCH3 is 1. The summed E-state index contributed by atoms with van der Waals surface area (Å²) in [6, 6.07) is 8.04. The number of amides is 1. The molecule has 0 saturated carbocycles. The van der Waals surface area contributed by atoms with Crippen molar-refractivity contribution in [2.75, 3.05) is 32.1 Å². The molecule has 2 rings (SSSR count). The van der Waals surface area contributed by atoms with Crippen molar-refractivity contribution in [3.63, 3.8) is 0 Å². The van der Waals surface area contributed by atoms with Gasteiger partial charge in [0.05, 0.1) is 12.0 Å². The van der Waals surface area contributed by atoms with Crippen molar-refractivity contribution in [1.82, 2.24) is 5.32 Å². The lowest BCUT2D eigenvalue weighted by Crippen LogP contribution is -2.47. The van der Waals surface area contributed by atoms with Crippen LogP contribution in [0.4, 0.5) is 5.69 Å². The maximum atomic E-state index is 12.8. The summed E-state index contributed by atoms with van der Waals surface area (Å²) in [5, 5.41) is 6.45. The van der Waals surface area contributed by atoms with E-state index in [0.717, 1.165) is 31.6 Å². The highest BCUT2D eigenvalue weighted by Crippen LogP contribution is 2.32. The van der Waals surface area contributed by atoms with Gasteiger partial charge in [0.15, 0.2) is 0 Å². The van der Waals surface area contributed by atoms with Crippen molar-refractivity contribution < 1.29 is 9.53 Å². The minimum atomic E-state index is -0.413. The van der Waals surface area contributed by atoms with Crippen LogP contribution in [0.15, 0.2) is 24.3 Å². The van der Waals surface area contributed by atoms with Gasteiger partial charge in [0, 0.05) is 12.8 Å². The van der Waals surface area contributed by atoms with Crippen molar-refractivity contribution in [2.24, 2.45) is 5.41 Å². The van der Waals surface area contributed by atoms with Gasteiger partial charge in [0.2, 0.25) is 5.91 Å². The number of anilines is 1. The van der Waals surface area contributed by atoms with E-state index in [1.54, 1.807) is 7.11 Å². The monoisotopic (exact) mass is 290 g/mol. The van der Waals surface area contributed by atoms with E-state index in [1.807, 2.05) is 18.2 Å². The number of carbonyl (C=O) groups excluding carboxylic acids is 1. The Morgan fingerprint density at radius 3 is 2.62 bits per heavy atom. The summed E-state index contributed by atoms with van der Waals surface area (Å²) >= 11 is 0. The van der Waals surface area contributed by atoms with Crippen LogP contribution in [0.2, 0.25) is 0 Å². The quantitative estimate of drug-likeness (QED) is 0.876. The fourth-order valence-electron chi connectivity index (χ4n) is 2.99. The molecule has 1 amide bonds. The van der Waals surface area contributed by atoms with Crippen LogP contribution in [0.3, 0.4) is 0 Å². The molecule has 0 unspecified atom stereocenters. The largest absolute Gasteiger partial charge is 0.384 e. The number of hydrogen-bond acceptors (Lipinski definition) is 3. The average Bonchev–Trinajstić information content (AvgIpc) is 2.49. The van der Waals surface area contributed by atoms with Gasteiger partial charge in [-0.15, -0.1) is 0 Å². The molecule has 1 aliphatic rings. The van der Waals surface area contributed by atoms with Gasteiger partial charge in [-0.05, 0) is 43.5 Å². The van der Waals surface area contributed by atoms with Crippen LogP contribution >= 0.6 is 0 Å². The van der Waals surface area contributed by atoms with E-state index in [1.165, 1.54) is 5.56 Å². The fraction of sp³-hybridized carbons (Fsp3) is 0.588. The smallest absolute Gasteiger partial charge is 0.233 e. The molecule has 0 spiro atoms. The molecule has 1 aromatic rings. The second-order valence-electron chi connectivity index (χ2n) is 6.16. The van der Waals surface area contributed by atoms with Crippen LogP contribution in [0.1, 0.15) is 38.2 Å². The van der Waals surface area contributed by atoms with Crippen LogP contribution in [-0.2, 0) is 9.53 Å². The van der Waals surface area contributed by atoms with Gasteiger partial charge < -0.3 is 15.4 Å². The van der Waals surface area contributed by atoms with E-state index in [-0.39, 0.29) is 5.91 Å². The first-order valence-electron chi connectivity index (χ1n) is 7.69. The van der Waals surface area contributed by atoms with Crippen LogP contribution in [0.25, 0.3) is 0 Å². The van der Waals surface area contributed by atoms with Crippen molar-refractivity contribution in [3.05, 3.63) is 29.8 Å². The summed E-state index contributed by atoms with van der Waals surface area (Å²) in [6.45, 7) is 6.48. The van der Waals surface area contributed by atoms with E-state index in [2.05, 4.69) is 30.5 Å². The van der Waals surface area contributed by atoms with E-state index in [4.69, 9.17) is 4.74 Å². The first-order valence-corrected chi connectivity index (χ1v) is 7.69. The number of rotatable bonds is 5. The molecular formula is C17H26N2O2. The lowest BCUT2D eigenvalue weighted by atomic mass is 9.78. The first-order chi connectivity index (χ1) is 10.1. The number of hydrogen-bond donors (Lipinski definition) is 2. The maximum absolute atomic E-state index is 12.8. The Hall–Kier alpha value is -1.39. The fourth-order valence-corrected chi connectivity index (χ4v) is 2.99. The van der Waals surface area contributed by atoms with Crippen molar-refractivity contribution in [3.8, 4) is 0 Å².